The zero-order chi connectivity index (χ0) is 7.56. The Labute approximate surface area is 84.9 Å². The molecule has 0 fully saturated rings. The van der Waals surface area contributed by atoms with Crippen LogP contribution in [0.3, 0.4) is 0 Å². The summed E-state index contributed by atoms with van der Waals surface area (Å²) in [6, 6.07) is 6.54. The average molecular weight is 207 g/mol. The van der Waals surface area contributed by atoms with E-state index in [1.165, 1.54) is 6.07 Å². The summed E-state index contributed by atoms with van der Waals surface area (Å²) in [5.74, 6) is -1.16. The minimum Gasteiger partial charge on any atom is -0.545 e. The maximum atomic E-state index is 10.3. The van der Waals surface area contributed by atoms with Gasteiger partial charge in [0.25, 0.3) is 0 Å². The molecule has 11 heavy (non-hydrogen) atoms. The quantitative estimate of drug-likeness (QED) is 0.491. The molecule has 0 aromatic heterocycles. The summed E-state index contributed by atoms with van der Waals surface area (Å²) in [4.78, 5) is 10.3. The van der Waals surface area contributed by atoms with Gasteiger partial charge >= 0.3 is 18.9 Å². The summed E-state index contributed by atoms with van der Waals surface area (Å²) >= 11 is 3.08. The maximum Gasteiger partial charge on any atom is 1.00 e. The zero-order valence-electron chi connectivity index (χ0n) is 6.00. The van der Waals surface area contributed by atoms with Crippen LogP contribution in [0.5, 0.6) is 0 Å². The van der Waals surface area contributed by atoms with Crippen LogP contribution in [0.25, 0.3) is 0 Å². The number of halogens is 1. The van der Waals surface area contributed by atoms with Crippen molar-refractivity contribution in [2.24, 2.45) is 0 Å². The number of hydrogen-bond donors (Lipinski definition) is 0. The summed E-state index contributed by atoms with van der Waals surface area (Å²) in [6.45, 7) is 0. The Morgan fingerprint density at radius 1 is 1.36 bits per heavy atom. The summed E-state index contributed by atoms with van der Waals surface area (Å²) < 4.78 is 0.551. The van der Waals surface area contributed by atoms with E-state index in [2.05, 4.69) is 15.9 Å². The van der Waals surface area contributed by atoms with Gasteiger partial charge in [0.15, 0.2) is 0 Å². The fraction of sp³-hybridized carbons (Fsp3) is 0. The third-order valence-corrected chi connectivity index (χ3v) is 1.79. The first kappa shape index (κ1) is 10.8. The van der Waals surface area contributed by atoms with Crippen molar-refractivity contribution in [1.29, 1.82) is 0 Å². The molecule has 0 aliphatic carbocycles. The standard InChI is InChI=1S/C7H5BrO2.Li/c8-6-4-2-1-3-5(6)7(9)10;/h1-4H,(H,9,10);/q;+1/p-1. The average Bonchev–Trinajstić information content (AvgIpc) is 1.88. The fourth-order valence-electron chi connectivity index (χ4n) is 0.627. The molecule has 0 amide bonds. The van der Waals surface area contributed by atoms with Crippen molar-refractivity contribution in [2.75, 3.05) is 0 Å². The zero-order valence-corrected chi connectivity index (χ0v) is 7.59. The van der Waals surface area contributed by atoms with Gasteiger partial charge in [-0.2, -0.15) is 0 Å². The fourth-order valence-corrected chi connectivity index (χ4v) is 1.07. The number of hydrogen-bond acceptors (Lipinski definition) is 2. The predicted octanol–water partition coefficient (Wildman–Crippen LogP) is -2.18. The molecule has 52 valence electrons. The van der Waals surface area contributed by atoms with Gasteiger partial charge in [-0.15, -0.1) is 0 Å². The van der Waals surface area contributed by atoms with E-state index >= 15 is 0 Å². The Kier molecular flexibility index (Phi) is 4.51. The van der Waals surface area contributed by atoms with Gasteiger partial charge in [-0.3, -0.25) is 0 Å². The van der Waals surface area contributed by atoms with Crippen LogP contribution in [0.2, 0.25) is 0 Å². The summed E-state index contributed by atoms with van der Waals surface area (Å²) in [5, 5.41) is 10.3. The molecule has 1 rings (SSSR count). The molecule has 0 radical (unpaired) electrons. The van der Waals surface area contributed by atoms with Crippen molar-refractivity contribution in [3.63, 3.8) is 0 Å². The number of carbonyl (C=O) groups excluding carboxylic acids is 1. The Morgan fingerprint density at radius 3 is 2.27 bits per heavy atom. The van der Waals surface area contributed by atoms with E-state index in [1.54, 1.807) is 18.2 Å². The van der Waals surface area contributed by atoms with Crippen LogP contribution in [-0.4, -0.2) is 5.97 Å². The van der Waals surface area contributed by atoms with Crippen LogP contribution in [0.4, 0.5) is 0 Å². The van der Waals surface area contributed by atoms with Gasteiger partial charge in [-0.25, -0.2) is 0 Å². The van der Waals surface area contributed by atoms with E-state index in [-0.39, 0.29) is 24.4 Å². The molecule has 1 aromatic carbocycles. The molecule has 4 heteroatoms. The third-order valence-electron chi connectivity index (χ3n) is 1.09. The largest absolute Gasteiger partial charge is 1.00 e. The van der Waals surface area contributed by atoms with Gasteiger partial charge in [0.2, 0.25) is 0 Å². The number of carbonyl (C=O) groups is 1. The molecule has 2 nitrogen and oxygen atoms in total. The number of benzene rings is 1. The molecule has 0 saturated heterocycles. The number of carboxylic acids is 1. The molecule has 0 aliphatic rings. The first-order valence-electron chi connectivity index (χ1n) is 2.67. The van der Waals surface area contributed by atoms with Gasteiger partial charge in [-0.1, -0.05) is 34.1 Å². The smallest absolute Gasteiger partial charge is 0.545 e. The van der Waals surface area contributed by atoms with Crippen LogP contribution in [0, 0.1) is 0 Å². The van der Waals surface area contributed by atoms with Crippen LogP contribution < -0.4 is 24.0 Å². The van der Waals surface area contributed by atoms with E-state index in [1.807, 2.05) is 0 Å². The first-order valence-corrected chi connectivity index (χ1v) is 3.47. The molecular weight excluding hydrogens is 203 g/mol. The van der Waals surface area contributed by atoms with E-state index < -0.39 is 5.97 Å². The van der Waals surface area contributed by atoms with Gasteiger partial charge < -0.3 is 9.90 Å². The maximum absolute atomic E-state index is 10.3. The molecule has 0 N–H and O–H groups in total. The minimum absolute atomic E-state index is 0. The van der Waals surface area contributed by atoms with Gasteiger partial charge in [0.05, 0.1) is 5.97 Å². The van der Waals surface area contributed by atoms with Crippen LogP contribution >= 0.6 is 15.9 Å². The van der Waals surface area contributed by atoms with Crippen molar-refractivity contribution in [3.8, 4) is 0 Å². The Morgan fingerprint density at radius 2 is 1.91 bits per heavy atom. The Hall–Kier alpha value is -0.233. The molecule has 0 spiro atoms. The van der Waals surface area contributed by atoms with Crippen molar-refractivity contribution in [2.45, 2.75) is 0 Å². The molecular formula is C7H4BrLiO2. The second-order valence-corrected chi connectivity index (χ2v) is 2.62. The molecule has 0 bridgehead atoms. The predicted molar refractivity (Wildman–Crippen MR) is 38.5 cm³/mol. The molecule has 1 aromatic rings. The van der Waals surface area contributed by atoms with Crippen molar-refractivity contribution >= 4 is 21.9 Å². The van der Waals surface area contributed by atoms with Crippen LogP contribution in [0.15, 0.2) is 28.7 Å². The Bertz CT molecular complexity index is 262. The Balaban J connectivity index is 0.000001000. The van der Waals surface area contributed by atoms with E-state index in [0.29, 0.717) is 4.47 Å². The molecule has 0 heterocycles. The molecule has 0 aliphatic heterocycles. The molecule has 0 atom stereocenters. The summed E-state index contributed by atoms with van der Waals surface area (Å²) in [6.07, 6.45) is 0. The SMILES string of the molecule is O=C([O-])c1ccccc1Br.[Li+]. The van der Waals surface area contributed by atoms with E-state index in [4.69, 9.17) is 0 Å². The summed E-state index contributed by atoms with van der Waals surface area (Å²) in [5.41, 5.74) is 0.183. The number of rotatable bonds is 1. The topological polar surface area (TPSA) is 40.1 Å². The monoisotopic (exact) mass is 206 g/mol. The van der Waals surface area contributed by atoms with Crippen molar-refractivity contribution in [1.82, 2.24) is 0 Å². The van der Waals surface area contributed by atoms with E-state index in [9.17, 15) is 9.90 Å². The van der Waals surface area contributed by atoms with Gasteiger partial charge in [-0.05, 0) is 6.07 Å². The summed E-state index contributed by atoms with van der Waals surface area (Å²) in [7, 11) is 0. The molecule has 0 unspecified atom stereocenters. The molecule has 0 saturated carbocycles. The third kappa shape index (κ3) is 2.70. The van der Waals surface area contributed by atoms with Gasteiger partial charge in [0.1, 0.15) is 0 Å². The number of aromatic carboxylic acids is 1. The first-order chi connectivity index (χ1) is 4.72. The van der Waals surface area contributed by atoms with Crippen LogP contribution in [-0.2, 0) is 0 Å². The van der Waals surface area contributed by atoms with Gasteiger partial charge in [0, 0.05) is 10.0 Å². The normalized spacial score (nSPS) is 8.45. The van der Waals surface area contributed by atoms with Crippen molar-refractivity contribution in [3.05, 3.63) is 34.3 Å². The second-order valence-electron chi connectivity index (χ2n) is 1.77. The van der Waals surface area contributed by atoms with E-state index in [0.717, 1.165) is 0 Å². The van der Waals surface area contributed by atoms with Crippen LogP contribution in [0.1, 0.15) is 10.4 Å². The second kappa shape index (κ2) is 4.61. The van der Waals surface area contributed by atoms with Crippen molar-refractivity contribution < 1.29 is 28.8 Å². The number of carboxylic acid groups (broad SMARTS) is 1. The minimum atomic E-state index is -1.16.